The molecule has 2 amide bonds. The van der Waals surface area contributed by atoms with Crippen LogP contribution in [-0.2, 0) is 9.59 Å². The van der Waals surface area contributed by atoms with Crippen molar-refractivity contribution in [1.82, 2.24) is 9.80 Å². The first kappa shape index (κ1) is 17.9. The Morgan fingerprint density at radius 1 is 1.32 bits per heavy atom. The quantitative estimate of drug-likeness (QED) is 0.890. The molecule has 1 unspecified atom stereocenters. The first-order chi connectivity index (χ1) is 11.9. The van der Waals surface area contributed by atoms with Crippen molar-refractivity contribution in [3.63, 3.8) is 0 Å². The molecule has 1 N–H and O–H groups in total. The van der Waals surface area contributed by atoms with E-state index >= 15 is 0 Å². The Morgan fingerprint density at radius 3 is 2.84 bits per heavy atom. The van der Waals surface area contributed by atoms with Gasteiger partial charge >= 0.3 is 0 Å². The van der Waals surface area contributed by atoms with E-state index in [4.69, 9.17) is 0 Å². The van der Waals surface area contributed by atoms with Gasteiger partial charge in [0.1, 0.15) is 5.82 Å². The summed E-state index contributed by atoms with van der Waals surface area (Å²) < 4.78 is 13.6. The molecule has 2 aliphatic heterocycles. The van der Waals surface area contributed by atoms with Crippen molar-refractivity contribution in [2.75, 3.05) is 38.0 Å². The summed E-state index contributed by atoms with van der Waals surface area (Å²) in [6, 6.07) is 4.66. The van der Waals surface area contributed by atoms with Crippen molar-refractivity contribution in [3.05, 3.63) is 29.6 Å². The zero-order valence-corrected chi connectivity index (χ0v) is 15.0. The van der Waals surface area contributed by atoms with Gasteiger partial charge in [0.15, 0.2) is 0 Å². The molecular weight excluding hydrogens is 321 g/mol. The van der Waals surface area contributed by atoms with Crippen LogP contribution >= 0.6 is 0 Å². The average molecular weight is 347 g/mol. The molecule has 136 valence electrons. The van der Waals surface area contributed by atoms with E-state index in [0.29, 0.717) is 17.8 Å². The van der Waals surface area contributed by atoms with Crippen LogP contribution in [0.5, 0.6) is 0 Å². The molecule has 5 nitrogen and oxygen atoms in total. The molecule has 0 radical (unpaired) electrons. The van der Waals surface area contributed by atoms with Gasteiger partial charge in [-0.1, -0.05) is 13.0 Å². The molecule has 1 spiro atoms. The summed E-state index contributed by atoms with van der Waals surface area (Å²) in [7, 11) is 0. The fourth-order valence-electron chi connectivity index (χ4n) is 3.98. The second-order valence-electron chi connectivity index (χ2n) is 7.24. The van der Waals surface area contributed by atoms with E-state index in [2.05, 4.69) is 12.2 Å². The number of hydrogen-bond donors (Lipinski definition) is 1. The summed E-state index contributed by atoms with van der Waals surface area (Å²) in [4.78, 5) is 29.0. The van der Waals surface area contributed by atoms with Crippen LogP contribution in [0.4, 0.5) is 10.1 Å². The van der Waals surface area contributed by atoms with Crippen LogP contribution in [0.25, 0.3) is 0 Å². The van der Waals surface area contributed by atoms with Gasteiger partial charge in [0.05, 0.1) is 12.0 Å². The number of carbonyl (C=O) groups is 2. The predicted octanol–water partition coefficient (Wildman–Crippen LogP) is 2.41. The lowest BCUT2D eigenvalue weighted by atomic mass is 9.85. The molecule has 2 saturated heterocycles. The summed E-state index contributed by atoms with van der Waals surface area (Å²) in [5.41, 5.74) is 0.643. The lowest BCUT2D eigenvalue weighted by molar-refractivity contribution is -0.135. The number of anilines is 1. The number of hydrogen-bond acceptors (Lipinski definition) is 3. The van der Waals surface area contributed by atoms with Crippen LogP contribution in [0.2, 0.25) is 0 Å². The van der Waals surface area contributed by atoms with E-state index in [1.54, 1.807) is 19.1 Å². The minimum absolute atomic E-state index is 0.165. The van der Waals surface area contributed by atoms with Gasteiger partial charge in [-0.05, 0) is 44.9 Å². The summed E-state index contributed by atoms with van der Waals surface area (Å²) in [6.07, 6.45) is 2.67. The van der Waals surface area contributed by atoms with Gasteiger partial charge < -0.3 is 10.2 Å². The lowest BCUT2D eigenvalue weighted by Crippen LogP contribution is -2.38. The van der Waals surface area contributed by atoms with Gasteiger partial charge in [0.2, 0.25) is 11.8 Å². The van der Waals surface area contributed by atoms with Gasteiger partial charge in [0, 0.05) is 30.9 Å². The zero-order chi connectivity index (χ0) is 18.0. The van der Waals surface area contributed by atoms with E-state index in [1.807, 2.05) is 9.80 Å². The second-order valence-corrected chi connectivity index (χ2v) is 7.24. The highest BCUT2D eigenvalue weighted by atomic mass is 19.1. The highest BCUT2D eigenvalue weighted by Crippen LogP contribution is 2.40. The van der Waals surface area contributed by atoms with Crippen LogP contribution in [0.3, 0.4) is 0 Å². The molecule has 6 heteroatoms. The Hall–Kier alpha value is -1.95. The molecule has 3 rings (SSSR count). The molecular formula is C19H26FN3O2. The minimum Gasteiger partial charge on any atom is -0.342 e. The van der Waals surface area contributed by atoms with Crippen LogP contribution in [0, 0.1) is 18.2 Å². The molecule has 1 aromatic carbocycles. The highest BCUT2D eigenvalue weighted by molar-refractivity contribution is 5.93. The fraction of sp³-hybridized carbons (Fsp3) is 0.579. The number of nitrogens with zero attached hydrogens (tertiary/aromatic N) is 2. The molecule has 0 bridgehead atoms. The van der Waals surface area contributed by atoms with E-state index in [0.717, 1.165) is 38.9 Å². The standard InChI is InChI=1S/C19H26FN3O2/c1-3-9-23-11-8-19(18(23)25)7-10-22(13-19)12-17(24)21-16-6-4-5-15(20)14(16)2/h4-6H,3,7-13H2,1-2H3,(H,21,24). The van der Waals surface area contributed by atoms with E-state index in [9.17, 15) is 14.0 Å². The molecule has 2 aliphatic rings. The minimum atomic E-state index is -0.328. The van der Waals surface area contributed by atoms with Crippen LogP contribution in [0.1, 0.15) is 31.7 Å². The van der Waals surface area contributed by atoms with Gasteiger partial charge in [-0.3, -0.25) is 14.5 Å². The number of rotatable bonds is 5. The van der Waals surface area contributed by atoms with Crippen molar-refractivity contribution in [2.24, 2.45) is 5.41 Å². The number of nitrogens with one attached hydrogen (secondary N) is 1. The molecule has 1 atom stereocenters. The van der Waals surface area contributed by atoms with Gasteiger partial charge in [-0.15, -0.1) is 0 Å². The van der Waals surface area contributed by atoms with Gasteiger partial charge in [-0.25, -0.2) is 4.39 Å². The van der Waals surface area contributed by atoms with E-state index in [1.165, 1.54) is 6.07 Å². The molecule has 0 aromatic heterocycles. The molecule has 2 heterocycles. The smallest absolute Gasteiger partial charge is 0.238 e. The van der Waals surface area contributed by atoms with Crippen LogP contribution in [-0.4, -0.2) is 54.3 Å². The van der Waals surface area contributed by atoms with E-state index < -0.39 is 0 Å². The van der Waals surface area contributed by atoms with Gasteiger partial charge in [0.25, 0.3) is 0 Å². The number of halogens is 1. The van der Waals surface area contributed by atoms with Crippen molar-refractivity contribution in [1.29, 1.82) is 0 Å². The number of benzene rings is 1. The molecule has 1 aromatic rings. The Labute approximate surface area is 148 Å². The maximum absolute atomic E-state index is 13.6. The third-order valence-electron chi connectivity index (χ3n) is 5.44. The summed E-state index contributed by atoms with van der Waals surface area (Å²) in [6.45, 7) is 7.00. The third kappa shape index (κ3) is 3.54. The Kier molecular flexibility index (Phi) is 5.08. The van der Waals surface area contributed by atoms with Crippen molar-refractivity contribution in [3.8, 4) is 0 Å². The van der Waals surface area contributed by atoms with Crippen molar-refractivity contribution < 1.29 is 14.0 Å². The zero-order valence-electron chi connectivity index (χ0n) is 15.0. The predicted molar refractivity (Wildman–Crippen MR) is 94.7 cm³/mol. The third-order valence-corrected chi connectivity index (χ3v) is 5.44. The number of carbonyl (C=O) groups excluding carboxylic acids is 2. The highest BCUT2D eigenvalue weighted by Gasteiger charge is 2.50. The topological polar surface area (TPSA) is 52.6 Å². The second kappa shape index (κ2) is 7.12. The summed E-state index contributed by atoms with van der Waals surface area (Å²) in [5.74, 6) is -0.245. The Balaban J connectivity index is 1.57. The normalized spacial score (nSPS) is 23.6. The van der Waals surface area contributed by atoms with E-state index in [-0.39, 0.29) is 29.6 Å². The van der Waals surface area contributed by atoms with Gasteiger partial charge in [-0.2, -0.15) is 0 Å². The average Bonchev–Trinajstić information content (AvgIpc) is 3.11. The number of likely N-dealkylation sites (tertiary alicyclic amines) is 2. The summed E-state index contributed by atoms with van der Waals surface area (Å²) >= 11 is 0. The van der Waals surface area contributed by atoms with Crippen molar-refractivity contribution >= 4 is 17.5 Å². The lowest BCUT2D eigenvalue weighted by Gasteiger charge is -2.23. The van der Waals surface area contributed by atoms with Crippen LogP contribution in [0.15, 0.2) is 18.2 Å². The van der Waals surface area contributed by atoms with Crippen molar-refractivity contribution in [2.45, 2.75) is 33.1 Å². The first-order valence-corrected chi connectivity index (χ1v) is 9.02. The molecule has 0 aliphatic carbocycles. The maximum atomic E-state index is 13.6. The SMILES string of the molecule is CCCN1CCC2(CCN(CC(=O)Nc3cccc(F)c3C)C2)C1=O. The fourth-order valence-corrected chi connectivity index (χ4v) is 3.98. The maximum Gasteiger partial charge on any atom is 0.238 e. The van der Waals surface area contributed by atoms with Crippen LogP contribution < -0.4 is 5.32 Å². The Bertz CT molecular complexity index is 679. The molecule has 2 fully saturated rings. The number of amides is 2. The monoisotopic (exact) mass is 347 g/mol. The summed E-state index contributed by atoms with van der Waals surface area (Å²) in [5, 5.41) is 2.78. The molecule has 25 heavy (non-hydrogen) atoms. The molecule has 0 saturated carbocycles. The Morgan fingerprint density at radius 2 is 2.08 bits per heavy atom. The largest absolute Gasteiger partial charge is 0.342 e. The first-order valence-electron chi connectivity index (χ1n) is 9.02.